The fourth-order valence-corrected chi connectivity index (χ4v) is 4.28. The molecule has 0 radical (unpaired) electrons. The van der Waals surface area contributed by atoms with Gasteiger partial charge in [-0.1, -0.05) is 23.4 Å². The van der Waals surface area contributed by atoms with Crippen molar-refractivity contribution in [3.63, 3.8) is 0 Å². The second-order valence-electron chi connectivity index (χ2n) is 6.75. The number of ether oxygens (including phenoxy) is 1. The van der Waals surface area contributed by atoms with Crippen LogP contribution >= 0.6 is 23.4 Å². The number of halogens is 1. The molecule has 0 aliphatic carbocycles. The highest BCUT2D eigenvalue weighted by atomic mass is 35.5. The predicted octanol–water partition coefficient (Wildman–Crippen LogP) is 5.28. The van der Waals surface area contributed by atoms with Crippen LogP contribution in [0.4, 0.5) is 0 Å². The molecule has 0 saturated carbocycles. The largest absolute Gasteiger partial charge is 0.444 e. The number of thioether (sulfide) groups is 1. The van der Waals surface area contributed by atoms with Gasteiger partial charge in [0.15, 0.2) is 5.16 Å². The van der Waals surface area contributed by atoms with Crippen LogP contribution in [0.15, 0.2) is 40.1 Å². The van der Waals surface area contributed by atoms with E-state index in [1.54, 1.807) is 18.0 Å². The molecule has 5 nitrogen and oxygen atoms in total. The van der Waals surface area contributed by atoms with E-state index in [0.717, 1.165) is 48.1 Å². The Balaban J connectivity index is 1.46. The summed E-state index contributed by atoms with van der Waals surface area (Å²) in [6, 6.07) is 7.49. The molecule has 27 heavy (non-hydrogen) atoms. The highest BCUT2D eigenvalue weighted by molar-refractivity contribution is 7.98. The molecule has 0 N–H and O–H groups in total. The van der Waals surface area contributed by atoms with E-state index < -0.39 is 0 Å². The van der Waals surface area contributed by atoms with Crippen molar-refractivity contribution in [3.05, 3.63) is 52.6 Å². The molecule has 4 rings (SSSR count). The molecule has 2 aromatic heterocycles. The number of nitrogens with zero attached hydrogens (tertiary/aromatic N) is 3. The Morgan fingerprint density at radius 1 is 1.22 bits per heavy atom. The molecular formula is C20H22ClN3O2S. The molecule has 1 unspecified atom stereocenters. The minimum absolute atomic E-state index is 0.292. The summed E-state index contributed by atoms with van der Waals surface area (Å²) in [5, 5.41) is 1.71. The maximum absolute atomic E-state index is 5.94. The molecule has 1 aromatic carbocycles. The summed E-state index contributed by atoms with van der Waals surface area (Å²) in [7, 11) is 0. The standard InChI is InChI=1S/C20H22ClN3O2S/c1-13-14(2)24(10-18-4-3-9-25-18)20(22-13)27-12-17-11-26-19(23-17)15-5-7-16(21)8-6-15/h5-8,11,18H,3-4,9-10,12H2,1-2H3. The molecule has 1 aliphatic heterocycles. The number of aromatic nitrogens is 3. The third-order valence-corrected chi connectivity index (χ3v) is 6.09. The van der Waals surface area contributed by atoms with Crippen molar-refractivity contribution in [2.75, 3.05) is 6.61 Å². The van der Waals surface area contributed by atoms with Gasteiger partial charge in [0.1, 0.15) is 6.26 Å². The number of benzene rings is 1. The molecule has 0 amide bonds. The zero-order valence-corrected chi connectivity index (χ0v) is 17.0. The van der Waals surface area contributed by atoms with E-state index in [9.17, 15) is 0 Å². The van der Waals surface area contributed by atoms with Crippen LogP contribution in [0, 0.1) is 13.8 Å². The van der Waals surface area contributed by atoms with E-state index in [0.29, 0.717) is 22.8 Å². The van der Waals surface area contributed by atoms with Crippen LogP contribution < -0.4 is 0 Å². The monoisotopic (exact) mass is 403 g/mol. The van der Waals surface area contributed by atoms with E-state index in [2.05, 4.69) is 23.4 Å². The van der Waals surface area contributed by atoms with Crippen LogP contribution in [0.5, 0.6) is 0 Å². The molecule has 0 spiro atoms. The highest BCUT2D eigenvalue weighted by Gasteiger charge is 2.20. The summed E-state index contributed by atoms with van der Waals surface area (Å²) < 4.78 is 13.7. The lowest BCUT2D eigenvalue weighted by Gasteiger charge is -2.14. The lowest BCUT2D eigenvalue weighted by atomic mass is 10.2. The first-order valence-corrected chi connectivity index (χ1v) is 10.4. The van der Waals surface area contributed by atoms with Crippen molar-refractivity contribution in [3.8, 4) is 11.5 Å². The summed E-state index contributed by atoms with van der Waals surface area (Å²) in [5.41, 5.74) is 4.08. The van der Waals surface area contributed by atoms with Crippen molar-refractivity contribution in [2.24, 2.45) is 0 Å². The van der Waals surface area contributed by atoms with Crippen molar-refractivity contribution >= 4 is 23.4 Å². The van der Waals surface area contributed by atoms with Gasteiger partial charge < -0.3 is 13.7 Å². The average molecular weight is 404 g/mol. The lowest BCUT2D eigenvalue weighted by Crippen LogP contribution is -2.16. The van der Waals surface area contributed by atoms with E-state index in [-0.39, 0.29) is 0 Å². The van der Waals surface area contributed by atoms with Crippen molar-refractivity contribution < 1.29 is 9.15 Å². The number of hydrogen-bond acceptors (Lipinski definition) is 5. The molecule has 142 valence electrons. The van der Waals surface area contributed by atoms with Gasteiger partial charge in [-0.05, 0) is 51.0 Å². The molecule has 1 aliphatic rings. The van der Waals surface area contributed by atoms with Gasteiger partial charge in [0, 0.05) is 28.6 Å². The van der Waals surface area contributed by atoms with Crippen molar-refractivity contribution in [2.45, 2.75) is 50.2 Å². The summed E-state index contributed by atoms with van der Waals surface area (Å²) in [4.78, 5) is 9.33. The van der Waals surface area contributed by atoms with Crippen LogP contribution in [-0.4, -0.2) is 27.2 Å². The Labute approximate surface area is 168 Å². The molecule has 1 saturated heterocycles. The zero-order valence-electron chi connectivity index (χ0n) is 15.4. The summed E-state index contributed by atoms with van der Waals surface area (Å²) in [6.07, 6.45) is 4.27. The molecule has 3 heterocycles. The van der Waals surface area contributed by atoms with Crippen LogP contribution in [0.1, 0.15) is 29.9 Å². The van der Waals surface area contributed by atoms with Gasteiger partial charge >= 0.3 is 0 Å². The third kappa shape index (κ3) is 4.23. The summed E-state index contributed by atoms with van der Waals surface area (Å²) >= 11 is 7.62. The maximum atomic E-state index is 5.94. The molecular weight excluding hydrogens is 382 g/mol. The predicted molar refractivity (Wildman–Crippen MR) is 107 cm³/mol. The molecule has 0 bridgehead atoms. The molecule has 1 fully saturated rings. The Morgan fingerprint density at radius 2 is 2.04 bits per heavy atom. The Kier molecular flexibility index (Phi) is 5.57. The zero-order chi connectivity index (χ0) is 18.8. The Hall–Kier alpha value is -1.76. The van der Waals surface area contributed by atoms with Crippen molar-refractivity contribution in [1.82, 2.24) is 14.5 Å². The van der Waals surface area contributed by atoms with E-state index >= 15 is 0 Å². The number of hydrogen-bond donors (Lipinski definition) is 0. The Bertz CT molecular complexity index is 914. The Morgan fingerprint density at radius 3 is 2.78 bits per heavy atom. The van der Waals surface area contributed by atoms with E-state index in [4.69, 9.17) is 25.7 Å². The number of aryl methyl sites for hydroxylation is 1. The van der Waals surface area contributed by atoms with Crippen LogP contribution in [-0.2, 0) is 17.0 Å². The molecule has 1 atom stereocenters. The van der Waals surface area contributed by atoms with Gasteiger partial charge in [-0.15, -0.1) is 0 Å². The van der Waals surface area contributed by atoms with E-state index in [1.807, 2.05) is 24.3 Å². The smallest absolute Gasteiger partial charge is 0.226 e. The molecule has 7 heteroatoms. The number of rotatable bonds is 6. The number of oxazole rings is 1. The second kappa shape index (κ2) is 8.09. The molecule has 3 aromatic rings. The minimum Gasteiger partial charge on any atom is -0.444 e. The van der Waals surface area contributed by atoms with Crippen molar-refractivity contribution in [1.29, 1.82) is 0 Å². The van der Waals surface area contributed by atoms with Gasteiger partial charge in [-0.25, -0.2) is 9.97 Å². The number of imidazole rings is 1. The van der Waals surface area contributed by atoms with E-state index in [1.165, 1.54) is 5.69 Å². The van der Waals surface area contributed by atoms with Crippen LogP contribution in [0.3, 0.4) is 0 Å². The first kappa shape index (κ1) is 18.6. The highest BCUT2D eigenvalue weighted by Crippen LogP contribution is 2.28. The van der Waals surface area contributed by atoms with Gasteiger partial charge in [0.2, 0.25) is 5.89 Å². The maximum Gasteiger partial charge on any atom is 0.226 e. The SMILES string of the molecule is Cc1nc(SCc2coc(-c3ccc(Cl)cc3)n2)n(CC2CCCO2)c1C. The first-order chi connectivity index (χ1) is 13.1. The average Bonchev–Trinajstić information content (AvgIpc) is 3.39. The summed E-state index contributed by atoms with van der Waals surface area (Å²) in [5.74, 6) is 1.32. The topological polar surface area (TPSA) is 53.1 Å². The van der Waals surface area contributed by atoms with Crippen LogP contribution in [0.2, 0.25) is 5.02 Å². The normalized spacial score (nSPS) is 16.9. The minimum atomic E-state index is 0.292. The van der Waals surface area contributed by atoms with Gasteiger partial charge in [0.25, 0.3) is 0 Å². The third-order valence-electron chi connectivity index (χ3n) is 4.83. The first-order valence-electron chi connectivity index (χ1n) is 9.08. The van der Waals surface area contributed by atoms with Gasteiger partial charge in [-0.2, -0.15) is 0 Å². The lowest BCUT2D eigenvalue weighted by molar-refractivity contribution is 0.0945. The van der Waals surface area contributed by atoms with Crippen LogP contribution in [0.25, 0.3) is 11.5 Å². The quantitative estimate of drug-likeness (QED) is 0.524. The second-order valence-corrected chi connectivity index (χ2v) is 8.13. The fourth-order valence-electron chi connectivity index (χ4n) is 3.18. The summed E-state index contributed by atoms with van der Waals surface area (Å²) in [6.45, 7) is 5.91. The van der Waals surface area contributed by atoms with Gasteiger partial charge in [0.05, 0.1) is 24.0 Å². The fraction of sp³-hybridized carbons (Fsp3) is 0.400. The van der Waals surface area contributed by atoms with Gasteiger partial charge in [-0.3, -0.25) is 0 Å².